The fourth-order valence-electron chi connectivity index (χ4n) is 3.37. The Morgan fingerprint density at radius 1 is 1.16 bits per heavy atom. The minimum Gasteiger partial charge on any atom is -0.484 e. The average molecular weight is 424 g/mol. The maximum atomic E-state index is 12.4. The van der Waals surface area contributed by atoms with Crippen LogP contribution in [0.2, 0.25) is 0 Å². The summed E-state index contributed by atoms with van der Waals surface area (Å²) in [6.07, 6.45) is 0.210. The van der Waals surface area contributed by atoms with Gasteiger partial charge in [-0.25, -0.2) is 0 Å². The van der Waals surface area contributed by atoms with Crippen molar-refractivity contribution in [1.82, 2.24) is 5.32 Å². The normalized spacial score (nSPS) is 15.8. The highest BCUT2D eigenvalue weighted by Gasteiger charge is 2.35. The number of benzene rings is 2. The molecule has 2 aromatic rings. The van der Waals surface area contributed by atoms with E-state index in [0.717, 1.165) is 11.3 Å². The molecule has 0 bridgehead atoms. The highest BCUT2D eigenvalue weighted by atomic mass is 16.5. The lowest BCUT2D eigenvalue weighted by Crippen LogP contribution is -2.35. The summed E-state index contributed by atoms with van der Waals surface area (Å²) in [6, 6.07) is 14.5. The van der Waals surface area contributed by atoms with Gasteiger partial charge in [-0.1, -0.05) is 26.0 Å². The van der Waals surface area contributed by atoms with Crippen LogP contribution in [0.1, 0.15) is 25.8 Å². The molecule has 0 unspecified atom stereocenters. The summed E-state index contributed by atoms with van der Waals surface area (Å²) >= 11 is 0. The standard InChI is InChI=1S/C24H29N3O4/c1-16(2)13-25-24(30)18-12-23(29)27(14-18)20-7-9-21(10-8-20)31-15-22(28)26-19-6-4-5-17(3)11-19/h4-11,16,18H,12-15H2,1-3H3,(H,25,30)(H,26,28)/t18-/m0/s1. The van der Waals surface area contributed by atoms with Gasteiger partial charge in [0, 0.05) is 30.9 Å². The molecule has 1 aliphatic heterocycles. The van der Waals surface area contributed by atoms with Crippen molar-refractivity contribution in [2.45, 2.75) is 27.2 Å². The highest BCUT2D eigenvalue weighted by molar-refractivity contribution is 6.00. The number of rotatable bonds is 8. The minimum atomic E-state index is -0.340. The Labute approximate surface area is 182 Å². The third-order valence-electron chi connectivity index (χ3n) is 5.00. The number of nitrogens with zero attached hydrogens (tertiary/aromatic N) is 1. The van der Waals surface area contributed by atoms with E-state index >= 15 is 0 Å². The quantitative estimate of drug-likeness (QED) is 0.683. The van der Waals surface area contributed by atoms with Gasteiger partial charge in [0.25, 0.3) is 5.91 Å². The summed E-state index contributed by atoms with van der Waals surface area (Å²) < 4.78 is 5.55. The van der Waals surface area contributed by atoms with E-state index in [1.165, 1.54) is 0 Å². The summed E-state index contributed by atoms with van der Waals surface area (Å²) in [5.41, 5.74) is 2.50. The predicted octanol–water partition coefficient (Wildman–Crippen LogP) is 3.14. The Kier molecular flexibility index (Phi) is 7.28. The molecule has 1 aliphatic rings. The first-order chi connectivity index (χ1) is 14.8. The van der Waals surface area contributed by atoms with Gasteiger partial charge in [-0.05, 0) is 54.8 Å². The summed E-state index contributed by atoms with van der Waals surface area (Å²) in [5.74, 6) is 0.150. The van der Waals surface area contributed by atoms with Gasteiger partial charge in [-0.15, -0.1) is 0 Å². The van der Waals surface area contributed by atoms with Gasteiger partial charge in [0.1, 0.15) is 5.75 Å². The van der Waals surface area contributed by atoms with E-state index in [-0.39, 0.29) is 36.7 Å². The molecule has 0 aromatic heterocycles. The van der Waals surface area contributed by atoms with Crippen LogP contribution < -0.4 is 20.3 Å². The van der Waals surface area contributed by atoms with Gasteiger partial charge in [-0.3, -0.25) is 14.4 Å². The molecular formula is C24H29N3O4. The third-order valence-corrected chi connectivity index (χ3v) is 5.00. The van der Waals surface area contributed by atoms with Crippen LogP contribution >= 0.6 is 0 Å². The molecule has 1 heterocycles. The van der Waals surface area contributed by atoms with Gasteiger partial charge < -0.3 is 20.3 Å². The molecule has 2 N–H and O–H groups in total. The van der Waals surface area contributed by atoms with E-state index < -0.39 is 0 Å². The number of aryl methyl sites for hydroxylation is 1. The maximum absolute atomic E-state index is 12.4. The molecule has 7 heteroatoms. The van der Waals surface area contributed by atoms with Crippen LogP contribution in [-0.2, 0) is 14.4 Å². The number of hydrogen-bond donors (Lipinski definition) is 2. The van der Waals surface area contributed by atoms with Gasteiger partial charge >= 0.3 is 0 Å². The second-order valence-corrected chi connectivity index (χ2v) is 8.24. The van der Waals surface area contributed by atoms with Gasteiger partial charge in [0.2, 0.25) is 11.8 Å². The molecule has 0 radical (unpaired) electrons. The SMILES string of the molecule is Cc1cccc(NC(=O)COc2ccc(N3C[C@@H](C(=O)NCC(C)C)CC3=O)cc2)c1. The van der Waals surface area contributed by atoms with Crippen molar-refractivity contribution in [1.29, 1.82) is 0 Å². The smallest absolute Gasteiger partial charge is 0.262 e. The molecule has 0 saturated carbocycles. The molecule has 3 rings (SSSR count). The molecular weight excluding hydrogens is 394 g/mol. The summed E-state index contributed by atoms with van der Waals surface area (Å²) in [5, 5.41) is 5.69. The van der Waals surface area contributed by atoms with Crippen molar-refractivity contribution in [3.63, 3.8) is 0 Å². The van der Waals surface area contributed by atoms with Crippen molar-refractivity contribution >= 4 is 29.1 Å². The second kappa shape index (κ2) is 10.1. The summed E-state index contributed by atoms with van der Waals surface area (Å²) in [6.45, 7) is 6.87. The van der Waals surface area contributed by atoms with E-state index in [9.17, 15) is 14.4 Å². The largest absolute Gasteiger partial charge is 0.484 e. The highest BCUT2D eigenvalue weighted by Crippen LogP contribution is 2.27. The molecule has 2 aromatic carbocycles. The lowest BCUT2D eigenvalue weighted by Gasteiger charge is -2.17. The van der Waals surface area contributed by atoms with Gasteiger partial charge in [-0.2, -0.15) is 0 Å². The predicted molar refractivity (Wildman–Crippen MR) is 120 cm³/mol. The van der Waals surface area contributed by atoms with Crippen molar-refractivity contribution in [2.24, 2.45) is 11.8 Å². The number of hydrogen-bond acceptors (Lipinski definition) is 4. The molecule has 1 fully saturated rings. The van der Waals surface area contributed by atoms with E-state index in [1.807, 2.05) is 45.0 Å². The van der Waals surface area contributed by atoms with Crippen molar-refractivity contribution < 1.29 is 19.1 Å². The molecule has 0 aliphatic carbocycles. The zero-order valence-electron chi connectivity index (χ0n) is 18.2. The molecule has 1 saturated heterocycles. The van der Waals surface area contributed by atoms with E-state index in [2.05, 4.69) is 10.6 Å². The van der Waals surface area contributed by atoms with E-state index in [1.54, 1.807) is 29.2 Å². The second-order valence-electron chi connectivity index (χ2n) is 8.24. The molecule has 31 heavy (non-hydrogen) atoms. The van der Waals surface area contributed by atoms with Crippen molar-refractivity contribution in [3.05, 3.63) is 54.1 Å². The minimum absolute atomic E-state index is 0.0732. The summed E-state index contributed by atoms with van der Waals surface area (Å²) in [4.78, 5) is 38.4. The number of ether oxygens (including phenoxy) is 1. The first-order valence-electron chi connectivity index (χ1n) is 10.5. The van der Waals surface area contributed by atoms with Crippen LogP contribution in [0.4, 0.5) is 11.4 Å². The van der Waals surface area contributed by atoms with Crippen LogP contribution in [0.3, 0.4) is 0 Å². The van der Waals surface area contributed by atoms with Crippen LogP contribution in [0.5, 0.6) is 5.75 Å². The lowest BCUT2D eigenvalue weighted by molar-refractivity contribution is -0.126. The maximum Gasteiger partial charge on any atom is 0.262 e. The topological polar surface area (TPSA) is 87.7 Å². The van der Waals surface area contributed by atoms with Gasteiger partial charge in [0.05, 0.1) is 5.92 Å². The van der Waals surface area contributed by atoms with Crippen LogP contribution in [0.15, 0.2) is 48.5 Å². The number of carbonyl (C=O) groups is 3. The number of anilines is 2. The molecule has 1 atom stereocenters. The van der Waals surface area contributed by atoms with Crippen molar-refractivity contribution in [3.8, 4) is 5.75 Å². The van der Waals surface area contributed by atoms with Crippen LogP contribution in [0.25, 0.3) is 0 Å². The van der Waals surface area contributed by atoms with E-state index in [4.69, 9.17) is 4.74 Å². The lowest BCUT2D eigenvalue weighted by atomic mass is 10.1. The molecule has 3 amide bonds. The Morgan fingerprint density at radius 3 is 2.58 bits per heavy atom. The fraction of sp³-hybridized carbons (Fsp3) is 0.375. The first-order valence-corrected chi connectivity index (χ1v) is 10.5. The zero-order valence-corrected chi connectivity index (χ0v) is 18.2. The van der Waals surface area contributed by atoms with Crippen molar-refractivity contribution in [2.75, 3.05) is 29.9 Å². The van der Waals surface area contributed by atoms with Crippen LogP contribution in [-0.4, -0.2) is 37.4 Å². The third kappa shape index (κ3) is 6.31. The monoisotopic (exact) mass is 423 g/mol. The summed E-state index contributed by atoms with van der Waals surface area (Å²) in [7, 11) is 0. The number of nitrogens with one attached hydrogen (secondary N) is 2. The van der Waals surface area contributed by atoms with Crippen LogP contribution in [0, 0.1) is 18.8 Å². The Bertz CT molecular complexity index is 940. The molecule has 0 spiro atoms. The Hall–Kier alpha value is -3.35. The number of amides is 3. The Balaban J connectivity index is 1.51. The van der Waals surface area contributed by atoms with E-state index in [0.29, 0.717) is 30.4 Å². The first kappa shape index (κ1) is 22.3. The fourth-order valence-corrected chi connectivity index (χ4v) is 3.37. The Morgan fingerprint density at radius 2 is 1.90 bits per heavy atom. The number of carbonyl (C=O) groups excluding carboxylic acids is 3. The van der Waals surface area contributed by atoms with Gasteiger partial charge in [0.15, 0.2) is 6.61 Å². The average Bonchev–Trinajstić information content (AvgIpc) is 3.12. The zero-order chi connectivity index (χ0) is 22.4. The molecule has 164 valence electrons. The molecule has 7 nitrogen and oxygen atoms in total.